The zero-order valence-corrected chi connectivity index (χ0v) is 26.4. The number of ketones is 2. The summed E-state index contributed by atoms with van der Waals surface area (Å²) in [5.74, 6) is 2.86. The molecule has 2 saturated carbocycles. The van der Waals surface area contributed by atoms with Crippen molar-refractivity contribution >= 4 is 23.2 Å². The molecule has 0 bridgehead atoms. The molecule has 1 unspecified atom stereocenters. The molecule has 5 aliphatic rings. The summed E-state index contributed by atoms with van der Waals surface area (Å²) in [4.78, 5) is 40.6. The first-order valence-electron chi connectivity index (χ1n) is 16.4. The van der Waals surface area contributed by atoms with Crippen molar-refractivity contribution in [3.63, 3.8) is 0 Å². The average Bonchev–Trinajstić information content (AvgIpc) is 3.31. The van der Waals surface area contributed by atoms with E-state index in [9.17, 15) is 27.6 Å². The van der Waals surface area contributed by atoms with Gasteiger partial charge in [0.1, 0.15) is 0 Å². The van der Waals surface area contributed by atoms with E-state index in [0.717, 1.165) is 49.2 Å². The molecule has 0 amide bonds. The van der Waals surface area contributed by atoms with Crippen LogP contribution in [-0.2, 0) is 19.1 Å². The molecule has 0 radical (unpaired) electrons. The minimum absolute atomic E-state index is 0.0435. The van der Waals surface area contributed by atoms with Gasteiger partial charge in [-0.25, -0.2) is 0 Å². The van der Waals surface area contributed by atoms with E-state index in [1.165, 1.54) is 30.4 Å². The number of carbonyl (C=O) groups excluding carboxylic acids is 3. The van der Waals surface area contributed by atoms with E-state index in [-0.39, 0.29) is 35.9 Å². The van der Waals surface area contributed by atoms with Crippen molar-refractivity contribution in [2.24, 2.45) is 28.6 Å². The predicted octanol–water partition coefficient (Wildman–Crippen LogP) is 7.51. The van der Waals surface area contributed by atoms with Gasteiger partial charge in [0.25, 0.3) is 0 Å². The first kappa shape index (κ1) is 31.6. The fourth-order valence-electron chi connectivity index (χ4n) is 9.55. The average molecular weight is 622 g/mol. The molecule has 6 atom stereocenters. The standard InChI is InChI=1S/C37H42F3NO4/c1-23-19-30-32-13-14-36(15-16-37(38,39)40,33(44)22-45-24(2)42)35(32,3)21-31(34(30)28-12-11-27(43)20-29(23)28)25-7-9-26(10-8-25)41-17-5-4-6-18-41/h7-10,20,23,30-32H,4-6,11-14,17-19,21-22H2,1-3H3/t23?,30-,31+,32-,35-,36+/m0/s1. The van der Waals surface area contributed by atoms with Crippen LogP contribution in [0.3, 0.4) is 0 Å². The van der Waals surface area contributed by atoms with Crippen LogP contribution in [0.4, 0.5) is 18.9 Å². The smallest absolute Gasteiger partial charge is 0.457 e. The van der Waals surface area contributed by atoms with Crippen LogP contribution in [0.1, 0.15) is 90.0 Å². The molecule has 240 valence electrons. The second-order valence-electron chi connectivity index (χ2n) is 14.1. The molecule has 45 heavy (non-hydrogen) atoms. The molecule has 4 aliphatic carbocycles. The normalized spacial score (nSPS) is 32.9. The number of piperidine rings is 1. The molecule has 0 spiro atoms. The number of hydrogen-bond donors (Lipinski definition) is 0. The summed E-state index contributed by atoms with van der Waals surface area (Å²) >= 11 is 0. The molecule has 0 aromatic heterocycles. The topological polar surface area (TPSA) is 63.7 Å². The Labute approximate surface area is 263 Å². The van der Waals surface area contributed by atoms with Crippen LogP contribution in [0.2, 0.25) is 0 Å². The molecular formula is C37H42F3NO4. The molecule has 5 nitrogen and oxygen atoms in total. The van der Waals surface area contributed by atoms with E-state index in [1.54, 1.807) is 0 Å². The Balaban J connectivity index is 1.49. The lowest BCUT2D eigenvalue weighted by atomic mass is 9.47. The zero-order chi connectivity index (χ0) is 32.1. The van der Waals surface area contributed by atoms with Gasteiger partial charge in [-0.1, -0.05) is 37.5 Å². The summed E-state index contributed by atoms with van der Waals surface area (Å²) in [7, 11) is 0. The van der Waals surface area contributed by atoms with Gasteiger partial charge in [0.05, 0.1) is 5.41 Å². The van der Waals surface area contributed by atoms with Crippen molar-refractivity contribution in [1.29, 1.82) is 0 Å². The first-order valence-corrected chi connectivity index (χ1v) is 16.4. The number of alkyl halides is 3. The summed E-state index contributed by atoms with van der Waals surface area (Å²) in [5.41, 5.74) is 3.37. The lowest BCUT2D eigenvalue weighted by Crippen LogP contribution is -2.52. The van der Waals surface area contributed by atoms with Crippen LogP contribution < -0.4 is 4.90 Å². The number of Topliss-reactive ketones (excluding diaryl/α,β-unsaturated/α-hetero) is 1. The Kier molecular flexibility index (Phi) is 8.29. The molecular weight excluding hydrogens is 579 g/mol. The first-order chi connectivity index (χ1) is 21.3. The Morgan fingerprint density at radius 1 is 1.09 bits per heavy atom. The predicted molar refractivity (Wildman–Crippen MR) is 165 cm³/mol. The van der Waals surface area contributed by atoms with Crippen LogP contribution in [0.5, 0.6) is 0 Å². The fourth-order valence-corrected chi connectivity index (χ4v) is 9.55. The fraction of sp³-hybridized carbons (Fsp3) is 0.595. The van der Waals surface area contributed by atoms with Crippen LogP contribution in [-0.4, -0.2) is 43.4 Å². The number of ether oxygens (including phenoxy) is 1. The van der Waals surface area contributed by atoms with Gasteiger partial charge in [-0.15, -0.1) is 0 Å². The van der Waals surface area contributed by atoms with E-state index in [1.807, 2.05) is 13.0 Å². The van der Waals surface area contributed by atoms with Crippen molar-refractivity contribution < 1.29 is 32.3 Å². The van der Waals surface area contributed by atoms with Gasteiger partial charge in [0.2, 0.25) is 0 Å². The Bertz CT molecular complexity index is 1510. The SMILES string of the molecule is CC(=O)OCC(=O)[C@]1(C#CC(F)(F)F)CC[C@H]2[C@@H]3CC(C)C4=CC(=O)CCC4=C3[C@@H](c3ccc(N4CCCCC4)cc3)C[C@@]21C. The number of anilines is 1. The molecule has 1 aliphatic heterocycles. The van der Waals surface area contributed by atoms with Crippen LogP contribution in [0, 0.1) is 40.4 Å². The monoisotopic (exact) mass is 621 g/mol. The molecule has 3 fully saturated rings. The van der Waals surface area contributed by atoms with Gasteiger partial charge in [0, 0.05) is 44.0 Å². The molecule has 1 aromatic carbocycles. The summed E-state index contributed by atoms with van der Waals surface area (Å²) in [6, 6.07) is 8.60. The highest BCUT2D eigenvalue weighted by Crippen LogP contribution is 2.70. The molecule has 1 aromatic rings. The summed E-state index contributed by atoms with van der Waals surface area (Å²) in [5, 5.41) is 0. The van der Waals surface area contributed by atoms with Crippen molar-refractivity contribution in [1.82, 2.24) is 0 Å². The third kappa shape index (κ3) is 5.66. The minimum Gasteiger partial charge on any atom is -0.458 e. The summed E-state index contributed by atoms with van der Waals surface area (Å²) < 4.78 is 46.1. The Hall–Kier alpha value is -3.34. The maximum Gasteiger partial charge on any atom is 0.457 e. The highest BCUT2D eigenvalue weighted by Gasteiger charge is 2.66. The number of rotatable bonds is 5. The van der Waals surface area contributed by atoms with Gasteiger partial charge in [-0.05, 0) is 109 Å². The third-order valence-electron chi connectivity index (χ3n) is 11.6. The molecule has 1 heterocycles. The number of esters is 1. The van der Waals surface area contributed by atoms with Crippen LogP contribution >= 0.6 is 0 Å². The maximum absolute atomic E-state index is 14.0. The number of nitrogens with zero attached hydrogens (tertiary/aromatic N) is 1. The number of allylic oxidation sites excluding steroid dienone is 4. The van der Waals surface area contributed by atoms with E-state index in [2.05, 4.69) is 42.0 Å². The van der Waals surface area contributed by atoms with Crippen LogP contribution in [0.25, 0.3) is 0 Å². The van der Waals surface area contributed by atoms with E-state index >= 15 is 0 Å². The molecule has 8 heteroatoms. The van der Waals surface area contributed by atoms with Crippen LogP contribution in [0.15, 0.2) is 47.1 Å². The van der Waals surface area contributed by atoms with Crippen molar-refractivity contribution in [3.8, 4) is 11.8 Å². The van der Waals surface area contributed by atoms with Crippen molar-refractivity contribution in [3.05, 3.63) is 52.6 Å². The highest BCUT2D eigenvalue weighted by atomic mass is 19.4. The van der Waals surface area contributed by atoms with Crippen molar-refractivity contribution in [2.45, 2.75) is 90.7 Å². The minimum atomic E-state index is -4.76. The van der Waals surface area contributed by atoms with E-state index < -0.39 is 35.4 Å². The third-order valence-corrected chi connectivity index (χ3v) is 11.6. The van der Waals surface area contributed by atoms with Gasteiger partial charge in [-0.3, -0.25) is 14.4 Å². The molecule has 6 rings (SSSR count). The second-order valence-corrected chi connectivity index (χ2v) is 14.1. The summed E-state index contributed by atoms with van der Waals surface area (Å²) in [6.07, 6.45) is 3.69. The Morgan fingerprint density at radius 3 is 2.47 bits per heavy atom. The Morgan fingerprint density at radius 2 is 1.80 bits per heavy atom. The van der Waals surface area contributed by atoms with E-state index in [4.69, 9.17) is 4.74 Å². The lowest BCUT2D eigenvalue weighted by molar-refractivity contribution is -0.150. The van der Waals surface area contributed by atoms with Crippen molar-refractivity contribution in [2.75, 3.05) is 24.6 Å². The van der Waals surface area contributed by atoms with Gasteiger partial charge < -0.3 is 9.64 Å². The number of fused-ring (bicyclic) bond motifs is 4. The van der Waals surface area contributed by atoms with Gasteiger partial charge in [0.15, 0.2) is 18.2 Å². The summed E-state index contributed by atoms with van der Waals surface area (Å²) in [6.45, 7) is 6.72. The van der Waals surface area contributed by atoms with Gasteiger partial charge in [-0.2, -0.15) is 13.2 Å². The number of carbonyl (C=O) groups is 3. The number of benzene rings is 1. The zero-order valence-electron chi connectivity index (χ0n) is 26.4. The maximum atomic E-state index is 14.0. The number of hydrogen-bond acceptors (Lipinski definition) is 5. The lowest BCUT2D eigenvalue weighted by Gasteiger charge is -2.55. The van der Waals surface area contributed by atoms with E-state index in [0.29, 0.717) is 25.7 Å². The number of halogens is 3. The molecule has 1 saturated heterocycles. The quantitative estimate of drug-likeness (QED) is 0.252. The van der Waals surface area contributed by atoms with Gasteiger partial charge >= 0.3 is 12.1 Å². The molecule has 0 N–H and O–H groups in total. The highest BCUT2D eigenvalue weighted by molar-refractivity contribution is 5.93. The largest absolute Gasteiger partial charge is 0.458 e. The second kappa shape index (κ2) is 11.8.